The number of rotatable bonds is 32. The number of hydrogen-bond donors (Lipinski definition) is 0. The van der Waals surface area contributed by atoms with Gasteiger partial charge in [-0.2, -0.15) is 0 Å². The Balaban J connectivity index is 3.24. The number of carbonyl (C=O) groups is 2. The van der Waals surface area contributed by atoms with Gasteiger partial charge < -0.3 is 9.47 Å². The maximum Gasteiger partial charge on any atom is 0.306 e. The van der Waals surface area contributed by atoms with Crippen molar-refractivity contribution in [2.75, 3.05) is 13.2 Å². The second-order valence-electron chi connectivity index (χ2n) is 11.8. The number of unbranched alkanes of at least 4 members (excludes halogenated alkanes) is 22. The van der Waals surface area contributed by atoms with Crippen LogP contribution in [0.25, 0.3) is 0 Å². The van der Waals surface area contributed by atoms with Gasteiger partial charge in [-0.1, -0.05) is 154 Å². The molecule has 0 rings (SSSR count). The number of ether oxygens (including phenoxy) is 2. The van der Waals surface area contributed by atoms with Crippen molar-refractivity contribution in [2.45, 2.75) is 194 Å². The predicted octanol–water partition coefficient (Wildman–Crippen LogP) is 11.6. The number of carbonyl (C=O) groups excluding carboxylic acids is 2. The Hall–Kier alpha value is -1.32. The first kappa shape index (κ1) is 38.7. The third-order valence-corrected chi connectivity index (χ3v) is 7.71. The van der Waals surface area contributed by atoms with E-state index in [1.165, 1.54) is 128 Å². The summed E-state index contributed by atoms with van der Waals surface area (Å²) in [6, 6.07) is 0. The van der Waals surface area contributed by atoms with Gasteiger partial charge in [0.15, 0.2) is 0 Å². The van der Waals surface area contributed by atoms with Crippen LogP contribution < -0.4 is 0 Å². The van der Waals surface area contributed by atoms with Crippen molar-refractivity contribution in [1.82, 2.24) is 0 Å². The minimum Gasteiger partial charge on any atom is -0.466 e. The van der Waals surface area contributed by atoms with Gasteiger partial charge in [-0.25, -0.2) is 0 Å². The lowest BCUT2D eigenvalue weighted by molar-refractivity contribution is -0.144. The summed E-state index contributed by atoms with van der Waals surface area (Å²) in [4.78, 5) is 23.5. The molecule has 4 heteroatoms. The molecule has 0 aliphatic rings. The first-order valence-electron chi connectivity index (χ1n) is 17.7. The summed E-state index contributed by atoms with van der Waals surface area (Å²) < 4.78 is 10.7. The van der Waals surface area contributed by atoms with Crippen molar-refractivity contribution in [3.8, 4) is 0 Å². The van der Waals surface area contributed by atoms with Crippen LogP contribution in [0.3, 0.4) is 0 Å². The van der Waals surface area contributed by atoms with Gasteiger partial charge >= 0.3 is 11.9 Å². The molecular weight excluding hydrogens is 496 g/mol. The van der Waals surface area contributed by atoms with E-state index in [-0.39, 0.29) is 11.9 Å². The van der Waals surface area contributed by atoms with E-state index in [4.69, 9.17) is 9.47 Å². The largest absolute Gasteiger partial charge is 0.466 e. The molecule has 0 unspecified atom stereocenters. The highest BCUT2D eigenvalue weighted by Crippen LogP contribution is 2.14. The Labute approximate surface area is 249 Å². The summed E-state index contributed by atoms with van der Waals surface area (Å²) in [5.74, 6) is -0.0466. The first-order valence-corrected chi connectivity index (χ1v) is 17.7. The Morgan fingerprint density at radius 3 is 1.23 bits per heavy atom. The number of esters is 2. The lowest BCUT2D eigenvalue weighted by Gasteiger charge is -2.05. The van der Waals surface area contributed by atoms with Crippen LogP contribution in [0.4, 0.5) is 0 Å². The van der Waals surface area contributed by atoms with Crippen LogP contribution in [0.1, 0.15) is 194 Å². The van der Waals surface area contributed by atoms with E-state index >= 15 is 0 Å². The van der Waals surface area contributed by atoms with Gasteiger partial charge in [0.05, 0.1) is 13.2 Å². The fourth-order valence-corrected chi connectivity index (χ4v) is 5.02. The molecule has 0 aromatic heterocycles. The lowest BCUT2D eigenvalue weighted by Crippen LogP contribution is -2.05. The highest BCUT2D eigenvalue weighted by molar-refractivity contribution is 5.69. The SMILES string of the molecule is CCCCCCCCOC(=O)CC/C=C/CCCCCCCCCCCCCCC(=O)OCCCCCCCC. The van der Waals surface area contributed by atoms with Gasteiger partial charge in [0.25, 0.3) is 0 Å². The van der Waals surface area contributed by atoms with E-state index < -0.39 is 0 Å². The monoisotopic (exact) mass is 565 g/mol. The highest BCUT2D eigenvalue weighted by atomic mass is 16.5. The van der Waals surface area contributed by atoms with Gasteiger partial charge in [0, 0.05) is 12.8 Å². The van der Waals surface area contributed by atoms with Crippen LogP contribution >= 0.6 is 0 Å². The van der Waals surface area contributed by atoms with Gasteiger partial charge in [-0.3, -0.25) is 9.59 Å². The molecule has 0 radical (unpaired) electrons. The van der Waals surface area contributed by atoms with Gasteiger partial charge in [0.2, 0.25) is 0 Å². The van der Waals surface area contributed by atoms with E-state index in [0.29, 0.717) is 26.1 Å². The zero-order valence-electron chi connectivity index (χ0n) is 27.0. The Kier molecular flexibility index (Phi) is 32.8. The summed E-state index contributed by atoms with van der Waals surface area (Å²) in [6.07, 6.45) is 37.5. The molecule has 0 saturated heterocycles. The zero-order chi connectivity index (χ0) is 29.2. The maximum atomic E-state index is 11.8. The van der Waals surface area contributed by atoms with Crippen molar-refractivity contribution in [2.24, 2.45) is 0 Å². The Morgan fingerprint density at radius 2 is 0.750 bits per heavy atom. The standard InChI is InChI=1S/C36H68O4/c1-3-5-7-9-25-29-33-39-35(37)31-27-23-21-19-17-15-13-11-12-14-16-18-20-22-24-28-32-36(38)40-34-30-26-10-8-6-4-2/h21,23H,3-20,22,24-34H2,1-2H3/b23-21+. The summed E-state index contributed by atoms with van der Waals surface area (Å²) in [5, 5.41) is 0. The van der Waals surface area contributed by atoms with Crippen LogP contribution in [-0.2, 0) is 19.1 Å². The first-order chi connectivity index (χ1) is 19.7. The lowest BCUT2D eigenvalue weighted by atomic mass is 10.0. The topological polar surface area (TPSA) is 52.6 Å². The molecule has 4 nitrogen and oxygen atoms in total. The summed E-state index contributed by atoms with van der Waals surface area (Å²) >= 11 is 0. The van der Waals surface area contributed by atoms with Crippen molar-refractivity contribution < 1.29 is 19.1 Å². The van der Waals surface area contributed by atoms with E-state index in [0.717, 1.165) is 38.5 Å². The third kappa shape index (κ3) is 32.9. The molecule has 0 saturated carbocycles. The molecule has 0 amide bonds. The minimum atomic E-state index is -0.0471. The van der Waals surface area contributed by atoms with Crippen LogP contribution in [-0.4, -0.2) is 25.2 Å². The van der Waals surface area contributed by atoms with Gasteiger partial charge in [0.1, 0.15) is 0 Å². The number of allylic oxidation sites excluding steroid dienone is 2. The molecule has 0 aromatic rings. The van der Waals surface area contributed by atoms with Crippen molar-refractivity contribution in [1.29, 1.82) is 0 Å². The quantitative estimate of drug-likeness (QED) is 0.0463. The van der Waals surface area contributed by atoms with Crippen LogP contribution in [0, 0.1) is 0 Å². The minimum absolute atomic E-state index is 0.000478. The molecular formula is C36H68O4. The average molecular weight is 565 g/mol. The summed E-state index contributed by atoms with van der Waals surface area (Å²) in [7, 11) is 0. The molecule has 236 valence electrons. The predicted molar refractivity (Wildman–Crippen MR) is 172 cm³/mol. The fraction of sp³-hybridized carbons (Fsp3) is 0.889. The summed E-state index contributed by atoms with van der Waals surface area (Å²) in [5.41, 5.74) is 0. The normalized spacial score (nSPS) is 11.3. The van der Waals surface area contributed by atoms with Gasteiger partial charge in [-0.05, 0) is 38.5 Å². The van der Waals surface area contributed by atoms with Crippen molar-refractivity contribution >= 4 is 11.9 Å². The molecule has 0 aliphatic heterocycles. The molecule has 0 N–H and O–H groups in total. The Morgan fingerprint density at radius 1 is 0.400 bits per heavy atom. The average Bonchev–Trinajstić information content (AvgIpc) is 2.95. The van der Waals surface area contributed by atoms with Crippen LogP contribution in [0.2, 0.25) is 0 Å². The maximum absolute atomic E-state index is 11.8. The van der Waals surface area contributed by atoms with Crippen LogP contribution in [0.5, 0.6) is 0 Å². The second-order valence-corrected chi connectivity index (χ2v) is 11.8. The molecule has 0 aliphatic carbocycles. The smallest absolute Gasteiger partial charge is 0.306 e. The van der Waals surface area contributed by atoms with Crippen LogP contribution in [0.15, 0.2) is 12.2 Å². The second kappa shape index (κ2) is 33.9. The zero-order valence-corrected chi connectivity index (χ0v) is 27.0. The fourth-order valence-electron chi connectivity index (χ4n) is 5.02. The van der Waals surface area contributed by atoms with E-state index in [1.807, 2.05) is 0 Å². The molecule has 0 spiro atoms. The molecule has 40 heavy (non-hydrogen) atoms. The third-order valence-electron chi connectivity index (χ3n) is 7.71. The van der Waals surface area contributed by atoms with E-state index in [9.17, 15) is 9.59 Å². The van der Waals surface area contributed by atoms with E-state index in [1.54, 1.807) is 0 Å². The van der Waals surface area contributed by atoms with Crippen molar-refractivity contribution in [3.63, 3.8) is 0 Å². The molecule has 0 fully saturated rings. The Bertz CT molecular complexity index is 557. The molecule has 0 aromatic carbocycles. The highest BCUT2D eigenvalue weighted by Gasteiger charge is 2.03. The molecule has 0 atom stereocenters. The van der Waals surface area contributed by atoms with Gasteiger partial charge in [-0.15, -0.1) is 0 Å². The van der Waals surface area contributed by atoms with Crippen molar-refractivity contribution in [3.05, 3.63) is 12.2 Å². The van der Waals surface area contributed by atoms with E-state index in [2.05, 4.69) is 26.0 Å². The molecule has 0 heterocycles. The number of hydrogen-bond acceptors (Lipinski definition) is 4. The molecule has 0 bridgehead atoms. The summed E-state index contributed by atoms with van der Waals surface area (Å²) in [6.45, 7) is 5.66.